The van der Waals surface area contributed by atoms with Crippen LogP contribution in [0.25, 0.3) is 0 Å². The van der Waals surface area contributed by atoms with Crippen LogP contribution in [0.1, 0.15) is 24.8 Å². The lowest BCUT2D eigenvalue weighted by atomic mass is 10.1. The number of hydrogen-bond donors (Lipinski definition) is 1. The maximum Gasteiger partial charge on any atom is 0.322 e. The van der Waals surface area contributed by atoms with Gasteiger partial charge in [0.2, 0.25) is 0 Å². The molecule has 1 unspecified atom stereocenters. The van der Waals surface area contributed by atoms with Crippen LogP contribution in [0.4, 0.5) is 0 Å². The third-order valence-electron chi connectivity index (χ3n) is 3.37. The SMILES string of the molecule is COC(=O)C(N)Cc1ccc(OCCC2CC2)cc1. The predicted molar refractivity (Wildman–Crippen MR) is 73.0 cm³/mol. The molecule has 0 aliphatic heterocycles. The van der Waals surface area contributed by atoms with E-state index in [0.717, 1.165) is 30.3 Å². The Kier molecular flexibility index (Phi) is 4.80. The predicted octanol–water partition coefficient (Wildman–Crippen LogP) is 1.91. The van der Waals surface area contributed by atoms with E-state index in [-0.39, 0.29) is 5.97 Å². The monoisotopic (exact) mass is 263 g/mol. The molecule has 19 heavy (non-hydrogen) atoms. The highest BCUT2D eigenvalue weighted by Crippen LogP contribution is 2.32. The largest absolute Gasteiger partial charge is 0.494 e. The van der Waals surface area contributed by atoms with Gasteiger partial charge in [-0.25, -0.2) is 0 Å². The third kappa shape index (κ3) is 4.56. The normalized spacial score (nSPS) is 15.9. The van der Waals surface area contributed by atoms with Crippen molar-refractivity contribution in [3.05, 3.63) is 29.8 Å². The molecule has 0 amide bonds. The van der Waals surface area contributed by atoms with Gasteiger partial charge >= 0.3 is 5.97 Å². The number of rotatable bonds is 7. The number of nitrogens with two attached hydrogens (primary N) is 1. The highest BCUT2D eigenvalue weighted by molar-refractivity contribution is 5.75. The van der Waals surface area contributed by atoms with Crippen LogP contribution in [0, 0.1) is 5.92 Å². The zero-order valence-electron chi connectivity index (χ0n) is 11.3. The number of ether oxygens (including phenoxy) is 2. The molecule has 1 atom stereocenters. The quantitative estimate of drug-likeness (QED) is 0.763. The summed E-state index contributed by atoms with van der Waals surface area (Å²) in [5, 5.41) is 0. The number of esters is 1. The minimum Gasteiger partial charge on any atom is -0.494 e. The summed E-state index contributed by atoms with van der Waals surface area (Å²) >= 11 is 0. The molecular weight excluding hydrogens is 242 g/mol. The molecule has 0 aromatic heterocycles. The fourth-order valence-electron chi connectivity index (χ4n) is 1.96. The van der Waals surface area contributed by atoms with Crippen molar-refractivity contribution in [1.82, 2.24) is 0 Å². The molecule has 1 aromatic carbocycles. The van der Waals surface area contributed by atoms with E-state index in [1.54, 1.807) is 0 Å². The molecule has 0 heterocycles. The van der Waals surface area contributed by atoms with Crippen molar-refractivity contribution in [2.45, 2.75) is 31.7 Å². The number of hydrogen-bond acceptors (Lipinski definition) is 4. The van der Waals surface area contributed by atoms with Crippen molar-refractivity contribution in [1.29, 1.82) is 0 Å². The van der Waals surface area contributed by atoms with Gasteiger partial charge in [0, 0.05) is 0 Å². The Morgan fingerprint density at radius 2 is 2.05 bits per heavy atom. The smallest absolute Gasteiger partial charge is 0.322 e. The molecule has 1 aliphatic rings. The Bertz CT molecular complexity index is 412. The maximum absolute atomic E-state index is 11.2. The fourth-order valence-corrected chi connectivity index (χ4v) is 1.96. The van der Waals surface area contributed by atoms with Gasteiger partial charge in [-0.2, -0.15) is 0 Å². The van der Waals surface area contributed by atoms with Gasteiger partial charge < -0.3 is 15.2 Å². The highest BCUT2D eigenvalue weighted by Gasteiger charge is 2.20. The average molecular weight is 263 g/mol. The second-order valence-corrected chi connectivity index (χ2v) is 5.06. The molecule has 4 heteroatoms. The van der Waals surface area contributed by atoms with Crippen molar-refractivity contribution in [3.63, 3.8) is 0 Å². The fraction of sp³-hybridized carbons (Fsp3) is 0.533. The van der Waals surface area contributed by atoms with Crippen LogP contribution >= 0.6 is 0 Å². The van der Waals surface area contributed by atoms with Crippen LogP contribution in [0.5, 0.6) is 5.75 Å². The summed E-state index contributed by atoms with van der Waals surface area (Å²) in [6, 6.07) is 7.12. The summed E-state index contributed by atoms with van der Waals surface area (Å²) in [5.74, 6) is 1.37. The third-order valence-corrected chi connectivity index (χ3v) is 3.37. The van der Waals surface area contributed by atoms with Gasteiger partial charge in [0.1, 0.15) is 11.8 Å². The van der Waals surface area contributed by atoms with E-state index in [0.29, 0.717) is 6.42 Å². The second-order valence-electron chi connectivity index (χ2n) is 5.06. The first-order valence-corrected chi connectivity index (χ1v) is 6.74. The first-order valence-electron chi connectivity index (χ1n) is 6.74. The second kappa shape index (κ2) is 6.57. The Morgan fingerprint density at radius 1 is 1.37 bits per heavy atom. The lowest BCUT2D eigenvalue weighted by Crippen LogP contribution is -2.33. The molecular formula is C15H21NO3. The van der Waals surface area contributed by atoms with Gasteiger partial charge in [-0.15, -0.1) is 0 Å². The van der Waals surface area contributed by atoms with Gasteiger partial charge in [-0.3, -0.25) is 4.79 Å². The molecule has 0 saturated heterocycles. The summed E-state index contributed by atoms with van der Waals surface area (Å²) in [7, 11) is 1.35. The van der Waals surface area contributed by atoms with Crippen molar-refractivity contribution in [2.24, 2.45) is 11.7 Å². The van der Waals surface area contributed by atoms with Gasteiger partial charge in [0.05, 0.1) is 13.7 Å². The zero-order chi connectivity index (χ0) is 13.7. The lowest BCUT2D eigenvalue weighted by molar-refractivity contribution is -0.142. The van der Waals surface area contributed by atoms with E-state index in [2.05, 4.69) is 4.74 Å². The molecule has 1 saturated carbocycles. The maximum atomic E-state index is 11.2. The summed E-state index contributed by atoms with van der Waals surface area (Å²) in [6.07, 6.45) is 4.34. The molecule has 2 N–H and O–H groups in total. The molecule has 4 nitrogen and oxygen atoms in total. The molecule has 1 aliphatic carbocycles. The lowest BCUT2D eigenvalue weighted by Gasteiger charge is -2.10. The summed E-state index contributed by atoms with van der Waals surface area (Å²) in [6.45, 7) is 0.783. The molecule has 1 fully saturated rings. The Morgan fingerprint density at radius 3 is 2.63 bits per heavy atom. The Labute approximate surface area is 113 Å². The molecule has 104 valence electrons. The van der Waals surface area contributed by atoms with Crippen molar-refractivity contribution < 1.29 is 14.3 Å². The van der Waals surface area contributed by atoms with Crippen LogP contribution < -0.4 is 10.5 Å². The Hall–Kier alpha value is -1.55. The summed E-state index contributed by atoms with van der Waals surface area (Å²) in [4.78, 5) is 11.2. The van der Waals surface area contributed by atoms with Crippen LogP contribution in [0.2, 0.25) is 0 Å². The van der Waals surface area contributed by atoms with Crippen molar-refractivity contribution >= 4 is 5.97 Å². The summed E-state index contributed by atoms with van der Waals surface area (Å²) in [5.41, 5.74) is 6.72. The summed E-state index contributed by atoms with van der Waals surface area (Å²) < 4.78 is 10.3. The van der Waals surface area contributed by atoms with E-state index in [1.807, 2.05) is 24.3 Å². The van der Waals surface area contributed by atoms with E-state index < -0.39 is 6.04 Å². The Balaban J connectivity index is 1.78. The molecule has 1 aromatic rings. The van der Waals surface area contributed by atoms with Gasteiger partial charge in [0.15, 0.2) is 0 Å². The van der Waals surface area contributed by atoms with E-state index >= 15 is 0 Å². The van der Waals surface area contributed by atoms with Gasteiger partial charge in [0.25, 0.3) is 0 Å². The van der Waals surface area contributed by atoms with E-state index in [4.69, 9.17) is 10.5 Å². The molecule has 0 spiro atoms. The number of carbonyl (C=O) groups is 1. The van der Waals surface area contributed by atoms with Crippen molar-refractivity contribution in [2.75, 3.05) is 13.7 Å². The van der Waals surface area contributed by atoms with Crippen LogP contribution in [0.3, 0.4) is 0 Å². The van der Waals surface area contributed by atoms with Crippen LogP contribution in [0.15, 0.2) is 24.3 Å². The standard InChI is InChI=1S/C15H21NO3/c1-18-15(17)14(16)10-12-4-6-13(7-5-12)19-9-8-11-2-3-11/h4-7,11,14H,2-3,8-10,16H2,1H3. The van der Waals surface area contributed by atoms with Gasteiger partial charge in [-0.1, -0.05) is 25.0 Å². The van der Waals surface area contributed by atoms with Gasteiger partial charge in [-0.05, 0) is 36.5 Å². The van der Waals surface area contributed by atoms with E-state index in [1.165, 1.54) is 20.0 Å². The highest BCUT2D eigenvalue weighted by atomic mass is 16.5. The zero-order valence-corrected chi connectivity index (χ0v) is 11.3. The minimum absolute atomic E-state index is 0.384. The number of benzene rings is 1. The average Bonchev–Trinajstić information content (AvgIpc) is 3.24. The minimum atomic E-state index is -0.605. The van der Waals surface area contributed by atoms with Crippen molar-refractivity contribution in [3.8, 4) is 5.75 Å². The first kappa shape index (κ1) is 13.9. The van der Waals surface area contributed by atoms with Crippen LogP contribution in [-0.4, -0.2) is 25.7 Å². The number of methoxy groups -OCH3 is 1. The molecule has 0 bridgehead atoms. The molecule has 2 rings (SSSR count). The number of carbonyl (C=O) groups excluding carboxylic acids is 1. The van der Waals surface area contributed by atoms with E-state index in [9.17, 15) is 4.79 Å². The topological polar surface area (TPSA) is 61.5 Å². The first-order chi connectivity index (χ1) is 9.19. The van der Waals surface area contributed by atoms with Crippen LogP contribution in [-0.2, 0) is 16.0 Å². The molecule has 0 radical (unpaired) electrons.